The van der Waals surface area contributed by atoms with E-state index in [0.717, 1.165) is 78.5 Å². The molecule has 41 heavy (non-hydrogen) atoms. The first-order chi connectivity index (χ1) is 20.2. The Hall–Kier alpha value is -4.20. The van der Waals surface area contributed by atoms with Crippen molar-refractivity contribution < 1.29 is 14.3 Å². The van der Waals surface area contributed by atoms with Crippen LogP contribution < -0.4 is 10.1 Å². The van der Waals surface area contributed by atoms with E-state index in [1.165, 1.54) is 12.8 Å². The number of benzene rings is 2. The minimum Gasteiger partial charge on any atom is -0.490 e. The molecule has 7 rings (SSSR count). The minimum atomic E-state index is -0.0980. The number of ether oxygens (including phenoxy) is 1. The fraction of sp³-hybridized carbons (Fsp3) is 0.394. The average Bonchev–Trinajstić information content (AvgIpc) is 3.75. The third-order valence-corrected chi connectivity index (χ3v) is 9.29. The second-order valence-corrected chi connectivity index (χ2v) is 11.8. The number of aromatic amines is 1. The van der Waals surface area contributed by atoms with E-state index < -0.39 is 0 Å². The lowest BCUT2D eigenvalue weighted by Gasteiger charge is -2.36. The number of fused-ring (bicyclic) bond motifs is 3. The van der Waals surface area contributed by atoms with Gasteiger partial charge >= 0.3 is 0 Å². The van der Waals surface area contributed by atoms with Crippen molar-refractivity contribution in [2.75, 3.05) is 0 Å². The highest BCUT2D eigenvalue weighted by Gasteiger charge is 2.40. The van der Waals surface area contributed by atoms with E-state index in [2.05, 4.69) is 20.5 Å². The molecule has 2 aliphatic heterocycles. The molecule has 0 spiro atoms. The standard InChI is InChI=1S/C33H35N5O3/c39-20-38-24-11-12-25(38)19-27(18-24)41-26-13-8-22(9-14-26)31-28-17-23(10-15-29(28)36-37-31)33(40)35-32(21-5-1-2-6-21)30-7-3-4-16-34-30/h3-4,7-10,13-17,20-21,24-25,27,32H,1-2,5-6,11-12,18-19H2,(H,35,40)(H,36,37)/t24-,25+,27?,32?. The number of carbonyl (C=O) groups excluding carboxylic acids is 2. The molecule has 2 unspecified atom stereocenters. The number of nitrogens with one attached hydrogen (secondary N) is 2. The van der Waals surface area contributed by atoms with Crippen LogP contribution in [0.3, 0.4) is 0 Å². The molecule has 2 N–H and O–H groups in total. The Morgan fingerprint density at radius 3 is 2.49 bits per heavy atom. The Bertz CT molecular complexity index is 1520. The smallest absolute Gasteiger partial charge is 0.251 e. The van der Waals surface area contributed by atoms with Gasteiger partial charge in [0.1, 0.15) is 11.9 Å². The van der Waals surface area contributed by atoms with Gasteiger partial charge in [-0.25, -0.2) is 0 Å². The predicted octanol–water partition coefficient (Wildman–Crippen LogP) is 5.82. The van der Waals surface area contributed by atoms with Crippen LogP contribution in [0.1, 0.15) is 73.5 Å². The lowest BCUT2D eigenvalue weighted by molar-refractivity contribution is -0.123. The van der Waals surface area contributed by atoms with Crippen molar-refractivity contribution in [2.24, 2.45) is 5.92 Å². The van der Waals surface area contributed by atoms with Crippen LogP contribution in [-0.2, 0) is 4.79 Å². The Labute approximate surface area is 239 Å². The first-order valence-corrected chi connectivity index (χ1v) is 14.9. The van der Waals surface area contributed by atoms with Crippen LogP contribution in [0.15, 0.2) is 66.9 Å². The first kappa shape index (κ1) is 25.7. The second kappa shape index (κ2) is 11.0. The van der Waals surface area contributed by atoms with Crippen LogP contribution in [0.4, 0.5) is 0 Å². The quantitative estimate of drug-likeness (QED) is 0.270. The molecular formula is C33H35N5O3. The summed E-state index contributed by atoms with van der Waals surface area (Å²) < 4.78 is 6.33. The molecule has 2 aromatic carbocycles. The molecule has 4 atom stereocenters. The normalized spacial score (nSPS) is 23.0. The molecule has 8 heteroatoms. The van der Waals surface area contributed by atoms with Crippen LogP contribution in [0.25, 0.3) is 22.2 Å². The van der Waals surface area contributed by atoms with Crippen LogP contribution in [0.2, 0.25) is 0 Å². The lowest BCUT2D eigenvalue weighted by Crippen LogP contribution is -2.45. The van der Waals surface area contributed by atoms with E-state index >= 15 is 0 Å². The topological polar surface area (TPSA) is 100 Å². The molecule has 2 bridgehead atoms. The van der Waals surface area contributed by atoms with E-state index in [-0.39, 0.29) is 18.1 Å². The zero-order valence-corrected chi connectivity index (χ0v) is 23.0. The number of aromatic nitrogens is 3. The number of amides is 2. The van der Waals surface area contributed by atoms with Gasteiger partial charge in [0.05, 0.1) is 22.9 Å². The van der Waals surface area contributed by atoms with Gasteiger partial charge in [0, 0.05) is 47.6 Å². The van der Waals surface area contributed by atoms with Crippen molar-refractivity contribution in [3.63, 3.8) is 0 Å². The number of hydrogen-bond acceptors (Lipinski definition) is 5. The van der Waals surface area contributed by atoms with Crippen molar-refractivity contribution >= 4 is 23.2 Å². The molecule has 210 valence electrons. The maximum atomic E-state index is 13.5. The number of H-pyrrole nitrogens is 1. The number of hydrogen-bond donors (Lipinski definition) is 2. The maximum Gasteiger partial charge on any atom is 0.251 e. The van der Waals surface area contributed by atoms with E-state index in [1.807, 2.05) is 65.6 Å². The van der Waals surface area contributed by atoms with Gasteiger partial charge in [-0.2, -0.15) is 5.10 Å². The number of pyridine rings is 1. The molecule has 2 amide bonds. The summed E-state index contributed by atoms with van der Waals surface area (Å²) in [6.07, 6.45) is 11.4. The summed E-state index contributed by atoms with van der Waals surface area (Å²) in [6.45, 7) is 0. The Kier molecular flexibility index (Phi) is 6.90. The zero-order valence-electron chi connectivity index (χ0n) is 23.0. The highest BCUT2D eigenvalue weighted by Crippen LogP contribution is 2.37. The molecule has 2 aromatic heterocycles. The monoisotopic (exact) mass is 549 g/mol. The molecule has 8 nitrogen and oxygen atoms in total. The van der Waals surface area contributed by atoms with E-state index in [1.54, 1.807) is 6.20 Å². The Morgan fingerprint density at radius 2 is 1.78 bits per heavy atom. The molecule has 0 radical (unpaired) electrons. The second-order valence-electron chi connectivity index (χ2n) is 11.8. The van der Waals surface area contributed by atoms with Gasteiger partial charge in [-0.1, -0.05) is 18.9 Å². The third kappa shape index (κ3) is 5.07. The molecule has 3 fully saturated rings. The van der Waals surface area contributed by atoms with Crippen molar-refractivity contribution in [1.82, 2.24) is 25.4 Å². The summed E-state index contributed by atoms with van der Waals surface area (Å²) in [5.41, 5.74) is 4.16. The van der Waals surface area contributed by atoms with Gasteiger partial charge in [0.15, 0.2) is 0 Å². The van der Waals surface area contributed by atoms with Crippen LogP contribution in [0, 0.1) is 5.92 Å². The highest BCUT2D eigenvalue weighted by molar-refractivity contribution is 6.01. The molecular weight excluding hydrogens is 514 g/mol. The molecule has 1 saturated carbocycles. The summed E-state index contributed by atoms with van der Waals surface area (Å²) in [6, 6.07) is 20.1. The fourth-order valence-electron chi connectivity index (χ4n) is 7.20. The number of nitrogens with zero attached hydrogens (tertiary/aromatic N) is 3. The van der Waals surface area contributed by atoms with Gasteiger partial charge in [-0.15, -0.1) is 0 Å². The zero-order chi connectivity index (χ0) is 27.8. The van der Waals surface area contributed by atoms with E-state index in [9.17, 15) is 9.59 Å². The fourth-order valence-corrected chi connectivity index (χ4v) is 7.20. The van der Waals surface area contributed by atoms with Gasteiger partial charge in [0.2, 0.25) is 6.41 Å². The van der Waals surface area contributed by atoms with Crippen LogP contribution >= 0.6 is 0 Å². The summed E-state index contributed by atoms with van der Waals surface area (Å²) in [5.74, 6) is 1.13. The van der Waals surface area contributed by atoms with Crippen LogP contribution in [-0.4, -0.2) is 50.6 Å². The number of carbonyl (C=O) groups is 2. The van der Waals surface area contributed by atoms with Crippen LogP contribution in [0.5, 0.6) is 5.75 Å². The maximum absolute atomic E-state index is 13.5. The SMILES string of the molecule is O=CN1[C@@H]2CC[C@H]1CC(Oc1ccc(-c3n[nH]c4ccc(C(=O)NC(c5ccccn5)C5CCCC5)cc34)cc1)C2. The van der Waals surface area contributed by atoms with Gasteiger partial charge in [-0.05, 0) is 86.2 Å². The van der Waals surface area contributed by atoms with E-state index in [4.69, 9.17) is 4.74 Å². The molecule has 4 heterocycles. The molecule has 2 saturated heterocycles. The largest absolute Gasteiger partial charge is 0.490 e. The minimum absolute atomic E-state index is 0.0973. The van der Waals surface area contributed by atoms with Gasteiger partial charge in [0.25, 0.3) is 5.91 Å². The summed E-state index contributed by atoms with van der Waals surface area (Å²) >= 11 is 0. The third-order valence-electron chi connectivity index (χ3n) is 9.29. The first-order valence-electron chi connectivity index (χ1n) is 14.9. The summed E-state index contributed by atoms with van der Waals surface area (Å²) in [4.78, 5) is 31.5. The Balaban J connectivity index is 1.08. The van der Waals surface area contributed by atoms with Crippen molar-refractivity contribution in [2.45, 2.75) is 75.6 Å². The Morgan fingerprint density at radius 1 is 1.00 bits per heavy atom. The lowest BCUT2D eigenvalue weighted by atomic mass is 9.94. The number of rotatable bonds is 8. The van der Waals surface area contributed by atoms with Crippen molar-refractivity contribution in [3.05, 3.63) is 78.1 Å². The van der Waals surface area contributed by atoms with Crippen molar-refractivity contribution in [3.8, 4) is 17.0 Å². The molecule has 4 aromatic rings. The summed E-state index contributed by atoms with van der Waals surface area (Å²) in [7, 11) is 0. The van der Waals surface area contributed by atoms with Crippen molar-refractivity contribution in [1.29, 1.82) is 0 Å². The van der Waals surface area contributed by atoms with E-state index in [0.29, 0.717) is 23.6 Å². The summed E-state index contributed by atoms with van der Waals surface area (Å²) in [5, 5.41) is 11.9. The number of piperidine rings is 1. The molecule has 1 aliphatic carbocycles. The molecule has 3 aliphatic rings. The van der Waals surface area contributed by atoms with Gasteiger partial charge < -0.3 is 15.0 Å². The highest BCUT2D eigenvalue weighted by atomic mass is 16.5. The average molecular weight is 550 g/mol. The predicted molar refractivity (Wildman–Crippen MR) is 156 cm³/mol. The van der Waals surface area contributed by atoms with Gasteiger partial charge in [-0.3, -0.25) is 19.7 Å².